The van der Waals surface area contributed by atoms with Crippen molar-refractivity contribution in [2.24, 2.45) is 0 Å². The first-order valence-electron chi connectivity index (χ1n) is 2.58. The first-order chi connectivity index (χ1) is 8.66. The summed E-state index contributed by atoms with van der Waals surface area (Å²) in [5.41, 5.74) is 0. The first-order valence-corrected chi connectivity index (χ1v) is 7.74. The minimum Gasteiger partial charge on any atom is -0.750 e. The number of rotatable bonds is 0. The molecule has 0 fully saturated rings. The number of hydrogen-bond acceptors (Lipinski definition) is 10. The summed E-state index contributed by atoms with van der Waals surface area (Å²) in [5.74, 6) is 0. The fourth-order valence-electron chi connectivity index (χ4n) is 0. The van der Waals surface area contributed by atoms with Crippen molar-refractivity contribution in [3.05, 3.63) is 0 Å². The van der Waals surface area contributed by atoms with Crippen molar-refractivity contribution < 1.29 is 214 Å². The van der Waals surface area contributed by atoms with Crippen molar-refractivity contribution in [2.45, 2.75) is 0 Å². The van der Waals surface area contributed by atoms with Crippen LogP contribution in [0.2, 0.25) is 0 Å². The molecule has 5 atom stereocenters. The van der Waals surface area contributed by atoms with Gasteiger partial charge in [-0.15, -0.1) is 0 Å². The predicted molar refractivity (Wildman–Crippen MR) is 57.7 cm³/mol. The second-order valence-electron chi connectivity index (χ2n) is 1.09. The summed E-state index contributed by atoms with van der Waals surface area (Å²) in [6.07, 6.45) is 0. The van der Waals surface area contributed by atoms with Crippen molar-refractivity contribution in [1.82, 2.24) is 0 Å². The molecule has 0 spiro atoms. The molecule has 130 valence electrons. The molecule has 0 rings (SSSR count). The molecule has 25 heavy (non-hydrogen) atoms. The van der Waals surface area contributed by atoms with Gasteiger partial charge in [0, 0.05) is 0 Å². The summed E-state index contributed by atoms with van der Waals surface area (Å²) >= 11 is -14.3. The Kier molecular flexibility index (Phi) is 144. The van der Waals surface area contributed by atoms with E-state index in [-0.39, 0.29) is 148 Å². The molecule has 0 aromatic carbocycles. The third kappa shape index (κ3) is 767. The molecule has 0 aromatic rings. The van der Waals surface area contributed by atoms with Crippen molar-refractivity contribution in [3.8, 4) is 0 Å². The van der Waals surface area contributed by atoms with Crippen LogP contribution in [0.3, 0.4) is 0 Å². The maximum absolute atomic E-state index is 8.56. The molecule has 5 unspecified atom stereocenters. The van der Waals surface area contributed by atoms with Gasteiger partial charge in [-0.1, -0.05) is 0 Å². The molecule has 0 amide bonds. The average molecular weight is 520 g/mol. The zero-order chi connectivity index (χ0) is 17.9. The molecule has 0 heterocycles. The average Bonchev–Trinajstić information content (AvgIpc) is 1.94. The Morgan fingerprint density at radius 3 is 0.360 bits per heavy atom. The van der Waals surface area contributed by atoms with Crippen LogP contribution in [0.15, 0.2) is 0 Å². The van der Waals surface area contributed by atoms with Gasteiger partial charge in [-0.2, -0.15) is 0 Å². The minimum atomic E-state index is -2.86. The van der Waals surface area contributed by atoms with Gasteiger partial charge in [0.1, 0.15) is 0 Å². The largest absolute Gasteiger partial charge is 1.00 e. The maximum atomic E-state index is 8.56. The first kappa shape index (κ1) is 63.1. The van der Waals surface area contributed by atoms with Gasteiger partial charge in [-0.3, -0.25) is 0 Å². The minimum absolute atomic E-state index is 0. The zero-order valence-electron chi connectivity index (χ0n) is 13.4. The van der Waals surface area contributed by atoms with Crippen molar-refractivity contribution in [1.29, 1.82) is 0 Å². The Bertz CT molecular complexity index is 219. The molecule has 15 nitrogen and oxygen atoms in total. The van der Waals surface area contributed by atoms with E-state index in [0.29, 0.717) is 0 Å². The summed E-state index contributed by atoms with van der Waals surface area (Å²) in [4.78, 5) is 0. The Balaban J connectivity index is -0.0000000134. The molecule has 5 N–H and O–H groups in total. The predicted octanol–water partition coefficient (Wildman–Crippen LogP) is -18.3. The van der Waals surface area contributed by atoms with E-state index in [2.05, 4.69) is 0 Å². The van der Waals surface area contributed by atoms with Crippen molar-refractivity contribution >= 4 is 56.8 Å². The quantitative estimate of drug-likeness (QED) is 0.146. The molecule has 0 aromatic heterocycles. The van der Waals surface area contributed by atoms with E-state index in [9.17, 15) is 0 Å². The Morgan fingerprint density at radius 1 is 0.360 bits per heavy atom. The summed E-state index contributed by atoms with van der Waals surface area (Å²) in [6.45, 7) is 0. The van der Waals surface area contributed by atoms with E-state index < -0.39 is 56.8 Å². The fraction of sp³-hybridized carbons (Fsp3) is 0. The van der Waals surface area contributed by atoms with Gasteiger partial charge in [0.2, 0.25) is 0 Å². The molecule has 0 aliphatic carbocycles. The van der Waals surface area contributed by atoms with Crippen molar-refractivity contribution in [2.75, 3.05) is 0 Å². The van der Waals surface area contributed by atoms with Crippen LogP contribution in [-0.4, -0.2) is 66.6 Å². The summed E-state index contributed by atoms with van der Waals surface area (Å²) < 4.78 is 120. The molecular formula is H5Na5O15S5. The number of hydrogen-bond donors (Lipinski definition) is 5. The third-order valence-electron chi connectivity index (χ3n) is 0. The monoisotopic (exact) mass is 520 g/mol. The van der Waals surface area contributed by atoms with Gasteiger partial charge in [0.15, 0.2) is 0 Å². The normalized spacial score (nSPS) is 12.4. The molecular weight excluding hydrogens is 515 g/mol. The van der Waals surface area contributed by atoms with Gasteiger partial charge in [0.05, 0.1) is 56.8 Å². The smallest absolute Gasteiger partial charge is 0.750 e. The van der Waals surface area contributed by atoms with Crippen molar-refractivity contribution in [3.63, 3.8) is 0 Å². The van der Waals surface area contributed by atoms with Crippen LogP contribution in [0, 0.1) is 0 Å². The molecule has 0 radical (unpaired) electrons. The molecule has 0 bridgehead atoms. The van der Waals surface area contributed by atoms with E-state index >= 15 is 0 Å². The van der Waals surface area contributed by atoms with Gasteiger partial charge < -0.3 is 45.5 Å². The summed E-state index contributed by atoms with van der Waals surface area (Å²) in [6, 6.07) is 0. The molecule has 0 saturated heterocycles. The second kappa shape index (κ2) is 57.0. The van der Waals surface area contributed by atoms with Crippen LogP contribution in [0.25, 0.3) is 0 Å². The van der Waals surface area contributed by atoms with Crippen LogP contribution in [0.5, 0.6) is 0 Å². The van der Waals surface area contributed by atoms with E-state index in [1.165, 1.54) is 0 Å². The Morgan fingerprint density at radius 2 is 0.360 bits per heavy atom. The Labute approximate surface area is 265 Å². The molecule has 0 aliphatic rings. The molecule has 25 heteroatoms. The Hall–Kier alpha value is 5.35. The van der Waals surface area contributed by atoms with Gasteiger partial charge in [-0.05, 0) is 0 Å². The maximum Gasteiger partial charge on any atom is 1.00 e. The van der Waals surface area contributed by atoms with Crippen LogP contribution in [0.4, 0.5) is 0 Å². The van der Waals surface area contributed by atoms with Crippen LogP contribution >= 0.6 is 0 Å². The van der Waals surface area contributed by atoms with E-state index in [1.54, 1.807) is 0 Å². The van der Waals surface area contributed by atoms with Gasteiger partial charge in [-0.25, -0.2) is 21.0 Å². The summed E-state index contributed by atoms with van der Waals surface area (Å²) in [5, 5.41) is 0. The van der Waals surface area contributed by atoms with E-state index in [0.717, 1.165) is 0 Å². The third-order valence-corrected chi connectivity index (χ3v) is 0. The SMILES string of the molecule is O=S([O-])O.O=S([O-])O.O=S([O-])O.O=S([O-])O.O=S([O-])O.[Na+].[Na+].[Na+].[Na+].[Na+]. The van der Waals surface area contributed by atoms with Crippen LogP contribution < -0.4 is 148 Å². The topological polar surface area (TPSA) is 302 Å². The van der Waals surface area contributed by atoms with Crippen LogP contribution in [0.1, 0.15) is 0 Å². The standard InChI is InChI=1S/5Na.5H2O3S/c;;;;;5*1-4(2)3/h;;;;;5*(H2,1,2,3)/q5*+1;;;;;/p-5. The van der Waals surface area contributed by atoms with E-state index in [1.807, 2.05) is 0 Å². The fourth-order valence-corrected chi connectivity index (χ4v) is 0. The van der Waals surface area contributed by atoms with Gasteiger partial charge in [0.25, 0.3) is 0 Å². The van der Waals surface area contributed by atoms with Gasteiger partial charge >= 0.3 is 148 Å². The second-order valence-corrected chi connectivity index (χ2v) is 3.26. The van der Waals surface area contributed by atoms with E-state index in [4.69, 9.17) is 66.6 Å². The summed E-state index contributed by atoms with van der Waals surface area (Å²) in [7, 11) is 0. The molecule has 0 saturated carbocycles. The molecule has 0 aliphatic heterocycles. The van der Waals surface area contributed by atoms with Crippen LogP contribution in [-0.2, 0) is 56.8 Å². The zero-order valence-corrected chi connectivity index (χ0v) is 27.4.